The molecule has 1 N–H and O–H groups in total. The van der Waals surface area contributed by atoms with Gasteiger partial charge in [-0.15, -0.1) is 0 Å². The highest BCUT2D eigenvalue weighted by Gasteiger charge is 2.26. The summed E-state index contributed by atoms with van der Waals surface area (Å²) in [6.45, 7) is 1.63. The Morgan fingerprint density at radius 1 is 1.27 bits per heavy atom. The van der Waals surface area contributed by atoms with E-state index in [1.165, 1.54) is 12.1 Å². The van der Waals surface area contributed by atoms with Gasteiger partial charge in [-0.05, 0) is 46.6 Å². The standard InChI is InChI=1S/C17H18BrN3O4S/c1-26(24,25)17-10-12(6-7-16(17)21(22)23)19-13-8-9-20(11-13)15-5-3-2-4-14(15)18/h2-7,10,13,19H,8-9,11H2,1H3. The van der Waals surface area contributed by atoms with Crippen molar-refractivity contribution in [2.24, 2.45) is 0 Å². The summed E-state index contributed by atoms with van der Waals surface area (Å²) >= 11 is 3.55. The van der Waals surface area contributed by atoms with Crippen LogP contribution in [0.15, 0.2) is 51.8 Å². The largest absolute Gasteiger partial charge is 0.380 e. The van der Waals surface area contributed by atoms with E-state index in [1.807, 2.05) is 24.3 Å². The van der Waals surface area contributed by atoms with Crippen LogP contribution in [0.1, 0.15) is 6.42 Å². The van der Waals surface area contributed by atoms with E-state index >= 15 is 0 Å². The van der Waals surface area contributed by atoms with Crippen LogP contribution in [-0.2, 0) is 9.84 Å². The Labute approximate surface area is 160 Å². The Morgan fingerprint density at radius 3 is 2.65 bits per heavy atom. The number of sulfone groups is 1. The lowest BCUT2D eigenvalue weighted by Gasteiger charge is -2.21. The number of halogens is 1. The Hall–Kier alpha value is -2.13. The first-order valence-corrected chi connectivity index (χ1v) is 10.7. The number of nitrogens with zero attached hydrogens (tertiary/aromatic N) is 2. The maximum Gasteiger partial charge on any atom is 0.288 e. The van der Waals surface area contributed by atoms with Crippen molar-refractivity contribution in [2.75, 3.05) is 29.6 Å². The third-order valence-electron chi connectivity index (χ3n) is 4.31. The van der Waals surface area contributed by atoms with Crippen LogP contribution in [0.25, 0.3) is 0 Å². The second-order valence-corrected chi connectivity index (χ2v) is 9.08. The van der Waals surface area contributed by atoms with E-state index in [0.29, 0.717) is 5.69 Å². The molecule has 1 aliphatic heterocycles. The molecule has 3 rings (SSSR count). The molecule has 2 aromatic rings. The zero-order valence-electron chi connectivity index (χ0n) is 14.1. The average Bonchev–Trinajstić information content (AvgIpc) is 3.02. The van der Waals surface area contributed by atoms with Crippen molar-refractivity contribution >= 4 is 42.8 Å². The number of para-hydroxylation sites is 1. The molecule has 26 heavy (non-hydrogen) atoms. The lowest BCUT2D eigenvalue weighted by molar-refractivity contribution is -0.387. The van der Waals surface area contributed by atoms with Crippen molar-refractivity contribution < 1.29 is 13.3 Å². The molecule has 1 heterocycles. The molecule has 0 saturated carbocycles. The van der Waals surface area contributed by atoms with Crippen LogP contribution in [0.5, 0.6) is 0 Å². The third kappa shape index (κ3) is 3.99. The number of hydrogen-bond acceptors (Lipinski definition) is 6. The van der Waals surface area contributed by atoms with Gasteiger partial charge in [0.1, 0.15) is 4.90 Å². The second-order valence-electron chi connectivity index (χ2n) is 6.24. The van der Waals surface area contributed by atoms with Gasteiger partial charge in [0.05, 0.1) is 10.6 Å². The van der Waals surface area contributed by atoms with Crippen molar-refractivity contribution in [1.82, 2.24) is 0 Å². The normalized spacial score (nSPS) is 17.3. The van der Waals surface area contributed by atoms with Gasteiger partial charge < -0.3 is 10.2 Å². The van der Waals surface area contributed by atoms with E-state index in [9.17, 15) is 18.5 Å². The van der Waals surface area contributed by atoms with E-state index < -0.39 is 20.4 Å². The minimum Gasteiger partial charge on any atom is -0.380 e. The summed E-state index contributed by atoms with van der Waals surface area (Å²) < 4.78 is 24.8. The van der Waals surface area contributed by atoms with Crippen LogP contribution >= 0.6 is 15.9 Å². The van der Waals surface area contributed by atoms with Crippen LogP contribution < -0.4 is 10.2 Å². The molecule has 0 bridgehead atoms. The zero-order valence-corrected chi connectivity index (χ0v) is 16.5. The van der Waals surface area contributed by atoms with Gasteiger partial charge in [-0.3, -0.25) is 10.1 Å². The van der Waals surface area contributed by atoms with Gasteiger partial charge in [0, 0.05) is 41.6 Å². The van der Waals surface area contributed by atoms with Gasteiger partial charge in [0.15, 0.2) is 9.84 Å². The molecule has 0 aromatic heterocycles. The van der Waals surface area contributed by atoms with Gasteiger partial charge in [0.2, 0.25) is 0 Å². The van der Waals surface area contributed by atoms with E-state index in [2.05, 4.69) is 26.1 Å². The molecule has 0 spiro atoms. The van der Waals surface area contributed by atoms with Crippen molar-refractivity contribution in [2.45, 2.75) is 17.4 Å². The summed E-state index contributed by atoms with van der Waals surface area (Å²) in [5.41, 5.74) is 1.27. The average molecular weight is 440 g/mol. The lowest BCUT2D eigenvalue weighted by atomic mass is 10.2. The van der Waals surface area contributed by atoms with E-state index in [0.717, 1.165) is 35.9 Å². The Balaban J connectivity index is 1.78. The SMILES string of the molecule is CS(=O)(=O)c1cc(NC2CCN(c3ccccc3Br)C2)ccc1[N+](=O)[O-]. The molecule has 1 unspecified atom stereocenters. The van der Waals surface area contributed by atoms with Crippen molar-refractivity contribution in [1.29, 1.82) is 0 Å². The molecule has 1 aliphatic rings. The van der Waals surface area contributed by atoms with Crippen LogP contribution in [0.4, 0.5) is 17.1 Å². The van der Waals surface area contributed by atoms with Crippen LogP contribution in [-0.4, -0.2) is 38.7 Å². The maximum absolute atomic E-state index is 11.9. The fraction of sp³-hybridized carbons (Fsp3) is 0.294. The lowest BCUT2D eigenvalue weighted by Crippen LogP contribution is -2.26. The predicted octanol–water partition coefficient (Wildman–Crippen LogP) is 3.45. The Bertz CT molecular complexity index is 949. The van der Waals surface area contributed by atoms with Gasteiger partial charge in [-0.25, -0.2) is 8.42 Å². The molecular weight excluding hydrogens is 422 g/mol. The fourth-order valence-electron chi connectivity index (χ4n) is 3.09. The van der Waals surface area contributed by atoms with Crippen LogP contribution in [0.3, 0.4) is 0 Å². The molecule has 7 nitrogen and oxygen atoms in total. The third-order valence-corrected chi connectivity index (χ3v) is 6.10. The second kappa shape index (κ2) is 7.24. The van der Waals surface area contributed by atoms with E-state index in [1.54, 1.807) is 6.07 Å². The molecule has 0 aliphatic carbocycles. The fourth-order valence-corrected chi connectivity index (χ4v) is 4.49. The minimum atomic E-state index is -3.69. The predicted molar refractivity (Wildman–Crippen MR) is 105 cm³/mol. The summed E-state index contributed by atoms with van der Waals surface area (Å²) in [6, 6.07) is 12.2. The zero-order chi connectivity index (χ0) is 18.9. The van der Waals surface area contributed by atoms with E-state index in [4.69, 9.17) is 0 Å². The van der Waals surface area contributed by atoms with Gasteiger partial charge >= 0.3 is 0 Å². The molecule has 0 radical (unpaired) electrons. The monoisotopic (exact) mass is 439 g/mol. The molecule has 1 fully saturated rings. The van der Waals surface area contributed by atoms with Crippen molar-refractivity contribution in [3.8, 4) is 0 Å². The number of nitro groups is 1. The number of nitro benzene ring substituents is 1. The first-order chi connectivity index (χ1) is 12.3. The van der Waals surface area contributed by atoms with Crippen molar-refractivity contribution in [3.63, 3.8) is 0 Å². The summed E-state index contributed by atoms with van der Waals surface area (Å²) in [6.07, 6.45) is 1.86. The number of anilines is 2. The van der Waals surface area contributed by atoms with Crippen molar-refractivity contribution in [3.05, 3.63) is 57.1 Å². The quantitative estimate of drug-likeness (QED) is 0.566. The van der Waals surface area contributed by atoms with Crippen LogP contribution in [0.2, 0.25) is 0 Å². The molecule has 1 atom stereocenters. The summed E-state index contributed by atoms with van der Waals surface area (Å²) in [5.74, 6) is 0. The number of rotatable bonds is 5. The highest BCUT2D eigenvalue weighted by atomic mass is 79.9. The van der Waals surface area contributed by atoms with Gasteiger partial charge in [-0.1, -0.05) is 12.1 Å². The molecule has 1 saturated heterocycles. The summed E-state index contributed by atoms with van der Waals surface area (Å²) in [4.78, 5) is 12.4. The number of nitrogens with one attached hydrogen (secondary N) is 1. The Morgan fingerprint density at radius 2 is 2.00 bits per heavy atom. The topological polar surface area (TPSA) is 92.6 Å². The first kappa shape index (κ1) is 18.7. The molecule has 0 amide bonds. The first-order valence-electron chi connectivity index (χ1n) is 8.00. The smallest absolute Gasteiger partial charge is 0.288 e. The van der Waals surface area contributed by atoms with Gasteiger partial charge in [-0.2, -0.15) is 0 Å². The summed E-state index contributed by atoms with van der Waals surface area (Å²) in [7, 11) is -3.69. The van der Waals surface area contributed by atoms with Gasteiger partial charge in [0.25, 0.3) is 5.69 Å². The highest BCUT2D eigenvalue weighted by molar-refractivity contribution is 9.10. The number of benzene rings is 2. The number of hydrogen-bond donors (Lipinski definition) is 1. The molecular formula is C17H18BrN3O4S. The molecule has 2 aromatic carbocycles. The highest BCUT2D eigenvalue weighted by Crippen LogP contribution is 2.31. The van der Waals surface area contributed by atoms with Crippen LogP contribution in [0, 0.1) is 10.1 Å². The Kier molecular flexibility index (Phi) is 5.19. The molecule has 9 heteroatoms. The maximum atomic E-state index is 11.9. The van der Waals surface area contributed by atoms with E-state index in [-0.39, 0.29) is 10.9 Å². The summed E-state index contributed by atoms with van der Waals surface area (Å²) in [5, 5.41) is 14.4. The molecule has 138 valence electrons. The minimum absolute atomic E-state index is 0.121.